The minimum absolute atomic E-state index is 0.285. The van der Waals surface area contributed by atoms with Gasteiger partial charge in [0.05, 0.1) is 5.69 Å². The smallest absolute Gasteiger partial charge is 0.119 e. The van der Waals surface area contributed by atoms with E-state index < -0.39 is 0 Å². The molecule has 1 heterocycles. The van der Waals surface area contributed by atoms with E-state index in [1.165, 1.54) is 0 Å². The minimum atomic E-state index is 0.285. The highest BCUT2D eigenvalue weighted by molar-refractivity contribution is 5.35. The van der Waals surface area contributed by atoms with Gasteiger partial charge in [-0.2, -0.15) is 0 Å². The van der Waals surface area contributed by atoms with Crippen molar-refractivity contribution in [2.75, 3.05) is 0 Å². The summed E-state index contributed by atoms with van der Waals surface area (Å²) in [4.78, 5) is 0. The van der Waals surface area contributed by atoms with E-state index in [-0.39, 0.29) is 5.92 Å². The van der Waals surface area contributed by atoms with Gasteiger partial charge in [0.1, 0.15) is 5.75 Å². The van der Waals surface area contributed by atoms with E-state index in [2.05, 4.69) is 17.2 Å². The lowest BCUT2D eigenvalue weighted by molar-refractivity contribution is 0.458. The molecule has 1 N–H and O–H groups in total. The third-order valence-corrected chi connectivity index (χ3v) is 3.24. The summed E-state index contributed by atoms with van der Waals surface area (Å²) >= 11 is 0. The molecule has 0 bridgehead atoms. The van der Waals surface area contributed by atoms with Crippen molar-refractivity contribution in [3.05, 3.63) is 41.7 Å². The van der Waals surface area contributed by atoms with E-state index in [1.807, 2.05) is 36.0 Å². The fraction of sp³-hybridized carbons (Fsp3) is 0.429. The van der Waals surface area contributed by atoms with Crippen LogP contribution in [0.3, 0.4) is 0 Å². The van der Waals surface area contributed by atoms with Crippen LogP contribution in [0.2, 0.25) is 0 Å². The molecule has 0 aliphatic carbocycles. The third kappa shape index (κ3) is 2.70. The van der Waals surface area contributed by atoms with Crippen molar-refractivity contribution < 1.29 is 5.11 Å². The number of phenolic OH excluding ortho intramolecular Hbond substituents is 1. The largest absolute Gasteiger partial charge is 0.508 e. The van der Waals surface area contributed by atoms with Crippen LogP contribution in [0.4, 0.5) is 0 Å². The standard InChI is InChI=1S/C14H19N3O/c1-3-11(13-7-5-6-8-14(13)18)9-12-10-17(4-2)16-15-12/h5-8,10-11,18H,3-4,9H2,1-2H3. The first kappa shape index (κ1) is 12.6. The SMILES string of the molecule is CCC(Cc1cn(CC)nn1)c1ccccc1O. The normalized spacial score (nSPS) is 12.6. The molecule has 1 aromatic heterocycles. The van der Waals surface area contributed by atoms with E-state index >= 15 is 0 Å². The number of aromatic nitrogens is 3. The molecule has 0 saturated carbocycles. The van der Waals surface area contributed by atoms with Crippen LogP contribution in [0.25, 0.3) is 0 Å². The van der Waals surface area contributed by atoms with E-state index in [4.69, 9.17) is 0 Å². The lowest BCUT2D eigenvalue weighted by Crippen LogP contribution is -2.02. The minimum Gasteiger partial charge on any atom is -0.508 e. The number of nitrogens with zero attached hydrogens (tertiary/aromatic N) is 3. The van der Waals surface area contributed by atoms with Gasteiger partial charge in [-0.25, -0.2) is 0 Å². The van der Waals surface area contributed by atoms with E-state index in [0.29, 0.717) is 5.75 Å². The molecule has 4 nitrogen and oxygen atoms in total. The molecule has 0 aliphatic rings. The number of aromatic hydroxyl groups is 1. The Bertz CT molecular complexity index is 507. The molecule has 0 radical (unpaired) electrons. The molecule has 0 amide bonds. The topological polar surface area (TPSA) is 50.9 Å². The molecule has 0 spiro atoms. The molecule has 0 saturated heterocycles. The second kappa shape index (κ2) is 5.67. The van der Waals surface area contributed by atoms with Crippen molar-refractivity contribution in [1.82, 2.24) is 15.0 Å². The number of hydrogen-bond donors (Lipinski definition) is 1. The zero-order chi connectivity index (χ0) is 13.0. The highest BCUT2D eigenvalue weighted by Crippen LogP contribution is 2.30. The van der Waals surface area contributed by atoms with Gasteiger partial charge in [-0.05, 0) is 30.9 Å². The third-order valence-electron chi connectivity index (χ3n) is 3.24. The van der Waals surface area contributed by atoms with Crippen LogP contribution in [0, 0.1) is 0 Å². The van der Waals surface area contributed by atoms with Crippen LogP contribution >= 0.6 is 0 Å². The van der Waals surface area contributed by atoms with Crippen LogP contribution in [0.1, 0.15) is 37.4 Å². The summed E-state index contributed by atoms with van der Waals surface area (Å²) in [6.07, 6.45) is 3.76. The summed E-state index contributed by atoms with van der Waals surface area (Å²) in [5.74, 6) is 0.653. The Balaban J connectivity index is 2.17. The Hall–Kier alpha value is -1.84. The van der Waals surface area contributed by atoms with Crippen LogP contribution in [-0.2, 0) is 13.0 Å². The Kier molecular flexibility index (Phi) is 3.97. The highest BCUT2D eigenvalue weighted by atomic mass is 16.3. The van der Waals surface area contributed by atoms with Crippen LogP contribution in [0.5, 0.6) is 5.75 Å². The fourth-order valence-electron chi connectivity index (χ4n) is 2.15. The van der Waals surface area contributed by atoms with E-state index in [1.54, 1.807) is 6.07 Å². The number of hydrogen-bond acceptors (Lipinski definition) is 3. The summed E-state index contributed by atoms with van der Waals surface area (Å²) in [6, 6.07) is 7.52. The maximum Gasteiger partial charge on any atom is 0.119 e. The monoisotopic (exact) mass is 245 g/mol. The molecule has 1 aromatic carbocycles. The maximum absolute atomic E-state index is 9.90. The summed E-state index contributed by atoms with van der Waals surface area (Å²) in [5.41, 5.74) is 1.97. The van der Waals surface area contributed by atoms with Crippen LogP contribution in [-0.4, -0.2) is 20.1 Å². The number of phenols is 1. The molecule has 2 rings (SSSR count). The molecule has 1 unspecified atom stereocenters. The quantitative estimate of drug-likeness (QED) is 0.881. The van der Waals surface area contributed by atoms with Crippen molar-refractivity contribution in [2.45, 2.75) is 39.2 Å². The maximum atomic E-state index is 9.90. The van der Waals surface area contributed by atoms with Gasteiger partial charge in [0, 0.05) is 19.2 Å². The molecule has 2 aromatic rings. The Morgan fingerprint density at radius 3 is 2.67 bits per heavy atom. The van der Waals surface area contributed by atoms with Gasteiger partial charge >= 0.3 is 0 Å². The molecular weight excluding hydrogens is 226 g/mol. The fourth-order valence-corrected chi connectivity index (χ4v) is 2.15. The molecule has 0 aliphatic heterocycles. The van der Waals surface area contributed by atoms with Gasteiger partial charge in [0.15, 0.2) is 0 Å². The van der Waals surface area contributed by atoms with Crippen molar-refractivity contribution in [3.8, 4) is 5.75 Å². The summed E-state index contributed by atoms with van der Waals surface area (Å²) in [6.45, 7) is 5.00. The lowest BCUT2D eigenvalue weighted by Gasteiger charge is -2.15. The van der Waals surface area contributed by atoms with Crippen molar-refractivity contribution >= 4 is 0 Å². The number of rotatable bonds is 5. The number of benzene rings is 1. The van der Waals surface area contributed by atoms with Crippen LogP contribution in [0.15, 0.2) is 30.5 Å². The molecule has 0 fully saturated rings. The summed E-state index contributed by atoms with van der Waals surface area (Å²) in [7, 11) is 0. The second-order valence-electron chi connectivity index (χ2n) is 4.43. The first-order valence-corrected chi connectivity index (χ1v) is 6.41. The predicted molar refractivity (Wildman–Crippen MR) is 70.5 cm³/mol. The molecule has 4 heteroatoms. The number of para-hydroxylation sites is 1. The second-order valence-corrected chi connectivity index (χ2v) is 4.43. The van der Waals surface area contributed by atoms with Crippen molar-refractivity contribution in [3.63, 3.8) is 0 Å². The Morgan fingerprint density at radius 2 is 2.06 bits per heavy atom. The molecular formula is C14H19N3O. The first-order valence-electron chi connectivity index (χ1n) is 6.41. The summed E-state index contributed by atoms with van der Waals surface area (Å²) in [5, 5.41) is 18.1. The first-order chi connectivity index (χ1) is 8.74. The summed E-state index contributed by atoms with van der Waals surface area (Å²) < 4.78 is 1.83. The van der Waals surface area contributed by atoms with Gasteiger partial charge in [-0.1, -0.05) is 30.3 Å². The van der Waals surface area contributed by atoms with E-state index in [0.717, 1.165) is 30.6 Å². The van der Waals surface area contributed by atoms with Crippen LogP contribution < -0.4 is 0 Å². The Labute approximate surface area is 107 Å². The predicted octanol–water partition coefficient (Wildman–Crippen LogP) is 2.74. The average Bonchev–Trinajstić information content (AvgIpc) is 2.85. The lowest BCUT2D eigenvalue weighted by atomic mass is 9.91. The van der Waals surface area contributed by atoms with Crippen molar-refractivity contribution in [1.29, 1.82) is 0 Å². The van der Waals surface area contributed by atoms with Gasteiger partial charge in [0.25, 0.3) is 0 Å². The zero-order valence-electron chi connectivity index (χ0n) is 10.9. The van der Waals surface area contributed by atoms with Crippen molar-refractivity contribution in [2.24, 2.45) is 0 Å². The Morgan fingerprint density at radius 1 is 1.28 bits per heavy atom. The van der Waals surface area contributed by atoms with Gasteiger partial charge < -0.3 is 5.11 Å². The van der Waals surface area contributed by atoms with Gasteiger partial charge in [0.2, 0.25) is 0 Å². The van der Waals surface area contributed by atoms with E-state index in [9.17, 15) is 5.11 Å². The number of aryl methyl sites for hydroxylation is 1. The molecule has 18 heavy (non-hydrogen) atoms. The zero-order valence-corrected chi connectivity index (χ0v) is 10.9. The van der Waals surface area contributed by atoms with Gasteiger partial charge in [-0.3, -0.25) is 4.68 Å². The molecule has 96 valence electrons. The molecule has 1 atom stereocenters. The van der Waals surface area contributed by atoms with Gasteiger partial charge in [-0.15, -0.1) is 5.10 Å². The highest BCUT2D eigenvalue weighted by Gasteiger charge is 2.15. The average molecular weight is 245 g/mol.